The zero-order valence-corrected chi connectivity index (χ0v) is 10.7. The lowest BCUT2D eigenvalue weighted by Crippen LogP contribution is -2.03. The van der Waals surface area contributed by atoms with Crippen molar-refractivity contribution in [1.82, 2.24) is 14.8 Å². The first kappa shape index (κ1) is 12.6. The normalized spacial score (nSPS) is 10.5. The summed E-state index contributed by atoms with van der Waals surface area (Å²) >= 11 is 1.54. The van der Waals surface area contributed by atoms with Gasteiger partial charge in [0.25, 0.3) is 0 Å². The third-order valence-electron chi connectivity index (χ3n) is 2.49. The third kappa shape index (κ3) is 3.10. The Morgan fingerprint density at radius 1 is 1.39 bits per heavy atom. The van der Waals surface area contributed by atoms with Gasteiger partial charge in [0.15, 0.2) is 5.16 Å². The molecule has 5 nitrogen and oxygen atoms in total. The van der Waals surface area contributed by atoms with Crippen molar-refractivity contribution in [1.29, 1.82) is 0 Å². The SMILES string of the molecule is Cn1ncnc1SCc1ccccc1CC(=O)O. The second kappa shape index (κ2) is 5.68. The Kier molecular flexibility index (Phi) is 3.99. The molecule has 0 saturated heterocycles. The summed E-state index contributed by atoms with van der Waals surface area (Å²) in [6.07, 6.45) is 1.56. The largest absolute Gasteiger partial charge is 0.481 e. The van der Waals surface area contributed by atoms with E-state index in [0.29, 0.717) is 5.75 Å². The number of carboxylic acids is 1. The van der Waals surface area contributed by atoms with Gasteiger partial charge in [-0.2, -0.15) is 5.10 Å². The number of hydrogen-bond acceptors (Lipinski definition) is 4. The maximum Gasteiger partial charge on any atom is 0.307 e. The minimum Gasteiger partial charge on any atom is -0.481 e. The summed E-state index contributed by atoms with van der Waals surface area (Å²) in [4.78, 5) is 14.9. The van der Waals surface area contributed by atoms with Gasteiger partial charge in [-0.25, -0.2) is 9.67 Å². The Labute approximate surface area is 109 Å². The Bertz CT molecular complexity index is 554. The summed E-state index contributed by atoms with van der Waals surface area (Å²) in [5.41, 5.74) is 1.87. The second-order valence-electron chi connectivity index (χ2n) is 3.79. The first-order chi connectivity index (χ1) is 8.66. The van der Waals surface area contributed by atoms with Crippen LogP contribution in [0.4, 0.5) is 0 Å². The van der Waals surface area contributed by atoms with Crippen molar-refractivity contribution in [2.75, 3.05) is 0 Å². The summed E-state index contributed by atoms with van der Waals surface area (Å²) in [6.45, 7) is 0. The fraction of sp³-hybridized carbons (Fsp3) is 0.250. The number of aromatic nitrogens is 3. The van der Waals surface area contributed by atoms with Gasteiger partial charge in [0, 0.05) is 12.8 Å². The molecule has 1 N–H and O–H groups in total. The monoisotopic (exact) mass is 263 g/mol. The van der Waals surface area contributed by atoms with Crippen LogP contribution in [0.3, 0.4) is 0 Å². The molecule has 0 aliphatic carbocycles. The van der Waals surface area contributed by atoms with Crippen molar-refractivity contribution < 1.29 is 9.90 Å². The van der Waals surface area contributed by atoms with Crippen LogP contribution in [0, 0.1) is 0 Å². The molecule has 0 atom stereocenters. The van der Waals surface area contributed by atoms with E-state index in [1.165, 1.54) is 6.33 Å². The zero-order valence-electron chi connectivity index (χ0n) is 9.91. The number of nitrogens with zero attached hydrogens (tertiary/aromatic N) is 3. The predicted octanol–water partition coefficient (Wildman–Crippen LogP) is 1.73. The second-order valence-corrected chi connectivity index (χ2v) is 4.74. The summed E-state index contributed by atoms with van der Waals surface area (Å²) in [6, 6.07) is 7.56. The van der Waals surface area contributed by atoms with E-state index in [0.717, 1.165) is 16.3 Å². The van der Waals surface area contributed by atoms with Crippen molar-refractivity contribution in [3.05, 3.63) is 41.7 Å². The van der Waals surface area contributed by atoms with Crippen LogP contribution in [0.2, 0.25) is 0 Å². The fourth-order valence-corrected chi connectivity index (χ4v) is 2.51. The van der Waals surface area contributed by atoms with E-state index >= 15 is 0 Å². The van der Waals surface area contributed by atoms with E-state index in [-0.39, 0.29) is 6.42 Å². The highest BCUT2D eigenvalue weighted by molar-refractivity contribution is 7.98. The zero-order chi connectivity index (χ0) is 13.0. The third-order valence-corrected chi connectivity index (χ3v) is 3.57. The lowest BCUT2D eigenvalue weighted by molar-refractivity contribution is -0.136. The molecule has 0 fully saturated rings. The maximum absolute atomic E-state index is 10.8. The van der Waals surface area contributed by atoms with Crippen LogP contribution in [0.5, 0.6) is 0 Å². The average Bonchev–Trinajstić information content (AvgIpc) is 2.73. The number of rotatable bonds is 5. The molecule has 0 aliphatic heterocycles. The number of aliphatic carboxylic acids is 1. The molecule has 94 valence electrons. The van der Waals surface area contributed by atoms with E-state index < -0.39 is 5.97 Å². The topological polar surface area (TPSA) is 68.0 Å². The molecule has 0 radical (unpaired) electrons. The Balaban J connectivity index is 2.09. The van der Waals surface area contributed by atoms with Crippen LogP contribution in [0.25, 0.3) is 0 Å². The first-order valence-electron chi connectivity index (χ1n) is 5.42. The number of benzene rings is 1. The lowest BCUT2D eigenvalue weighted by Gasteiger charge is -2.06. The summed E-state index contributed by atoms with van der Waals surface area (Å²) in [5.74, 6) is -0.123. The maximum atomic E-state index is 10.8. The van der Waals surface area contributed by atoms with Gasteiger partial charge in [0.2, 0.25) is 0 Å². The van der Waals surface area contributed by atoms with Crippen LogP contribution < -0.4 is 0 Å². The van der Waals surface area contributed by atoms with E-state index in [1.807, 2.05) is 31.3 Å². The molecule has 6 heteroatoms. The van der Waals surface area contributed by atoms with Gasteiger partial charge in [0.05, 0.1) is 6.42 Å². The van der Waals surface area contributed by atoms with Crippen LogP contribution in [-0.2, 0) is 24.0 Å². The number of carboxylic acid groups (broad SMARTS) is 1. The van der Waals surface area contributed by atoms with Crippen molar-refractivity contribution in [2.45, 2.75) is 17.3 Å². The molecule has 0 aliphatic rings. The summed E-state index contributed by atoms with van der Waals surface area (Å²) in [5, 5.41) is 13.7. The number of carbonyl (C=O) groups is 1. The highest BCUT2D eigenvalue weighted by Gasteiger charge is 2.08. The molecular formula is C12H13N3O2S. The Hall–Kier alpha value is -1.82. The van der Waals surface area contributed by atoms with Crippen LogP contribution in [0.15, 0.2) is 35.7 Å². The fourth-order valence-electron chi connectivity index (χ4n) is 1.59. The van der Waals surface area contributed by atoms with E-state index in [1.54, 1.807) is 16.4 Å². The molecule has 2 aromatic rings. The molecule has 0 saturated carbocycles. The van der Waals surface area contributed by atoms with Crippen molar-refractivity contribution >= 4 is 17.7 Å². The van der Waals surface area contributed by atoms with Gasteiger partial charge in [-0.3, -0.25) is 4.79 Å². The van der Waals surface area contributed by atoms with E-state index in [9.17, 15) is 4.79 Å². The molecule has 0 unspecified atom stereocenters. The molecule has 2 rings (SSSR count). The standard InChI is InChI=1S/C12H13N3O2S/c1-15-12(13-8-14-15)18-7-10-5-3-2-4-9(10)6-11(16)17/h2-5,8H,6-7H2,1H3,(H,16,17). The highest BCUT2D eigenvalue weighted by atomic mass is 32.2. The predicted molar refractivity (Wildman–Crippen MR) is 68.3 cm³/mol. The van der Waals surface area contributed by atoms with Crippen LogP contribution >= 0.6 is 11.8 Å². The van der Waals surface area contributed by atoms with Gasteiger partial charge in [-0.15, -0.1) is 0 Å². The van der Waals surface area contributed by atoms with E-state index in [2.05, 4.69) is 10.1 Å². The molecule has 0 bridgehead atoms. The van der Waals surface area contributed by atoms with Gasteiger partial charge < -0.3 is 5.11 Å². The molecule has 0 spiro atoms. The molecule has 18 heavy (non-hydrogen) atoms. The number of thioether (sulfide) groups is 1. The van der Waals surface area contributed by atoms with Crippen LogP contribution in [-0.4, -0.2) is 25.8 Å². The number of aryl methyl sites for hydroxylation is 1. The average molecular weight is 263 g/mol. The first-order valence-corrected chi connectivity index (χ1v) is 6.40. The molecule has 1 aromatic carbocycles. The summed E-state index contributed by atoms with van der Waals surface area (Å²) in [7, 11) is 1.83. The van der Waals surface area contributed by atoms with Crippen LogP contribution in [0.1, 0.15) is 11.1 Å². The van der Waals surface area contributed by atoms with Crippen molar-refractivity contribution in [3.63, 3.8) is 0 Å². The summed E-state index contributed by atoms with van der Waals surface area (Å²) < 4.78 is 1.70. The van der Waals surface area contributed by atoms with Gasteiger partial charge in [-0.1, -0.05) is 36.0 Å². The van der Waals surface area contributed by atoms with Gasteiger partial charge in [-0.05, 0) is 11.1 Å². The van der Waals surface area contributed by atoms with Crippen molar-refractivity contribution in [2.24, 2.45) is 7.05 Å². The van der Waals surface area contributed by atoms with E-state index in [4.69, 9.17) is 5.11 Å². The highest BCUT2D eigenvalue weighted by Crippen LogP contribution is 2.22. The minimum atomic E-state index is -0.814. The van der Waals surface area contributed by atoms with Gasteiger partial charge >= 0.3 is 5.97 Å². The minimum absolute atomic E-state index is 0.0511. The molecule has 1 heterocycles. The molecular weight excluding hydrogens is 250 g/mol. The quantitative estimate of drug-likeness (QED) is 0.832. The smallest absolute Gasteiger partial charge is 0.307 e. The molecule has 1 aromatic heterocycles. The lowest BCUT2D eigenvalue weighted by atomic mass is 10.1. The molecule has 0 amide bonds. The van der Waals surface area contributed by atoms with Crippen molar-refractivity contribution in [3.8, 4) is 0 Å². The Morgan fingerprint density at radius 3 is 2.72 bits per heavy atom. The number of hydrogen-bond donors (Lipinski definition) is 1. The Morgan fingerprint density at radius 2 is 2.11 bits per heavy atom. The van der Waals surface area contributed by atoms with Gasteiger partial charge in [0.1, 0.15) is 6.33 Å².